The molecule has 2 aromatic carbocycles. The molecule has 1 N–H and O–H groups in total. The molecule has 0 fully saturated rings. The zero-order valence-corrected chi connectivity index (χ0v) is 15.6. The van der Waals surface area contributed by atoms with Gasteiger partial charge in [0.15, 0.2) is 0 Å². The quantitative estimate of drug-likeness (QED) is 0.693. The molecule has 0 radical (unpaired) electrons. The van der Waals surface area contributed by atoms with Crippen LogP contribution in [0.4, 0.5) is 5.69 Å². The third-order valence-corrected chi connectivity index (χ3v) is 6.33. The number of nitrogens with one attached hydrogen (secondary N) is 1. The Balaban J connectivity index is 2.01. The number of aryl methyl sites for hydroxylation is 2. The van der Waals surface area contributed by atoms with E-state index in [0.717, 1.165) is 27.1 Å². The highest BCUT2D eigenvalue weighted by atomic mass is 32.2. The summed E-state index contributed by atoms with van der Waals surface area (Å²) in [6, 6.07) is 10.4. The summed E-state index contributed by atoms with van der Waals surface area (Å²) in [5.41, 5.74) is 2.76. The molecule has 0 unspecified atom stereocenters. The van der Waals surface area contributed by atoms with Gasteiger partial charge in [0.05, 0.1) is 20.8 Å². The molecule has 1 heterocycles. The number of benzene rings is 2. The van der Waals surface area contributed by atoms with Gasteiger partial charge in [-0.25, -0.2) is 8.42 Å². The SMILES string of the molecule is C=CCn1c(=O)sc2cc(NS(=O)(=O)c3cc(C)ccc3C)ccc21. The lowest BCUT2D eigenvalue weighted by molar-refractivity contribution is 0.600. The number of hydrogen-bond donors (Lipinski definition) is 1. The normalized spacial score (nSPS) is 11.6. The van der Waals surface area contributed by atoms with Gasteiger partial charge in [0.25, 0.3) is 10.0 Å². The Kier molecular flexibility index (Phi) is 4.53. The van der Waals surface area contributed by atoms with Crippen LogP contribution in [0.2, 0.25) is 0 Å². The number of allylic oxidation sites excluding steroid dienone is 1. The van der Waals surface area contributed by atoms with E-state index in [-0.39, 0.29) is 9.77 Å². The second-order valence-corrected chi connectivity index (χ2v) is 8.47. The first kappa shape index (κ1) is 17.4. The van der Waals surface area contributed by atoms with E-state index < -0.39 is 10.0 Å². The molecule has 0 bridgehead atoms. The fourth-order valence-corrected chi connectivity index (χ4v) is 4.96. The largest absolute Gasteiger partial charge is 0.308 e. The summed E-state index contributed by atoms with van der Waals surface area (Å²) in [6.07, 6.45) is 1.66. The van der Waals surface area contributed by atoms with E-state index in [4.69, 9.17) is 0 Å². The summed E-state index contributed by atoms with van der Waals surface area (Å²) in [7, 11) is -3.70. The van der Waals surface area contributed by atoms with Crippen molar-refractivity contribution < 1.29 is 8.42 Å². The van der Waals surface area contributed by atoms with Crippen LogP contribution in [0.1, 0.15) is 11.1 Å². The van der Waals surface area contributed by atoms with Gasteiger partial charge >= 0.3 is 4.87 Å². The standard InChI is InChI=1S/C18H18N2O3S2/c1-4-9-20-15-8-7-14(11-16(15)24-18(20)21)19-25(22,23)17-10-12(2)5-6-13(17)3/h4-8,10-11,19H,1,9H2,2-3H3. The average molecular weight is 374 g/mol. The first-order valence-electron chi connectivity index (χ1n) is 7.66. The molecule has 0 atom stereocenters. The van der Waals surface area contributed by atoms with Crippen LogP contribution in [0.5, 0.6) is 0 Å². The fourth-order valence-electron chi connectivity index (χ4n) is 2.64. The molecule has 3 aromatic rings. The van der Waals surface area contributed by atoms with Gasteiger partial charge in [-0.2, -0.15) is 0 Å². The molecule has 3 rings (SSSR count). The Morgan fingerprint density at radius 2 is 1.96 bits per heavy atom. The van der Waals surface area contributed by atoms with Crippen LogP contribution < -0.4 is 9.60 Å². The molecular formula is C18H18N2O3S2. The van der Waals surface area contributed by atoms with Crippen molar-refractivity contribution >= 4 is 37.3 Å². The van der Waals surface area contributed by atoms with Gasteiger partial charge in [0, 0.05) is 6.54 Å². The van der Waals surface area contributed by atoms with Crippen molar-refractivity contribution in [2.75, 3.05) is 4.72 Å². The third kappa shape index (κ3) is 3.38. The summed E-state index contributed by atoms with van der Waals surface area (Å²) in [5, 5.41) is 0. The van der Waals surface area contributed by atoms with Gasteiger partial charge in [0.1, 0.15) is 0 Å². The molecule has 0 amide bonds. The van der Waals surface area contributed by atoms with Crippen LogP contribution in [-0.4, -0.2) is 13.0 Å². The van der Waals surface area contributed by atoms with E-state index in [9.17, 15) is 13.2 Å². The maximum atomic E-state index is 12.7. The Labute approximate surface area is 150 Å². The number of rotatable bonds is 5. The van der Waals surface area contributed by atoms with Crippen LogP contribution in [0.3, 0.4) is 0 Å². The van der Waals surface area contributed by atoms with Crippen molar-refractivity contribution in [2.45, 2.75) is 25.3 Å². The molecular weight excluding hydrogens is 356 g/mol. The van der Waals surface area contributed by atoms with Crippen LogP contribution in [-0.2, 0) is 16.6 Å². The molecule has 0 saturated carbocycles. The number of anilines is 1. The maximum absolute atomic E-state index is 12.7. The predicted molar refractivity (Wildman–Crippen MR) is 103 cm³/mol. The minimum Gasteiger partial charge on any atom is -0.295 e. The maximum Gasteiger partial charge on any atom is 0.308 e. The molecule has 130 valence electrons. The summed E-state index contributed by atoms with van der Waals surface area (Å²) in [6.45, 7) is 7.69. The van der Waals surface area contributed by atoms with Crippen molar-refractivity contribution in [1.29, 1.82) is 0 Å². The van der Waals surface area contributed by atoms with E-state index in [1.54, 1.807) is 47.9 Å². The minimum absolute atomic E-state index is 0.0931. The molecule has 25 heavy (non-hydrogen) atoms. The highest BCUT2D eigenvalue weighted by Crippen LogP contribution is 2.25. The second-order valence-electron chi connectivity index (χ2n) is 5.82. The summed E-state index contributed by atoms with van der Waals surface area (Å²) in [4.78, 5) is 12.2. The molecule has 0 spiro atoms. The number of thiazole rings is 1. The molecule has 0 aliphatic carbocycles. The van der Waals surface area contributed by atoms with Gasteiger partial charge in [-0.15, -0.1) is 6.58 Å². The van der Waals surface area contributed by atoms with Gasteiger partial charge < -0.3 is 0 Å². The van der Waals surface area contributed by atoms with E-state index in [1.807, 2.05) is 13.0 Å². The van der Waals surface area contributed by atoms with Crippen molar-refractivity contribution in [2.24, 2.45) is 0 Å². The average Bonchev–Trinajstić information content (AvgIpc) is 2.85. The van der Waals surface area contributed by atoms with E-state index in [2.05, 4.69) is 11.3 Å². The van der Waals surface area contributed by atoms with E-state index >= 15 is 0 Å². The van der Waals surface area contributed by atoms with Crippen LogP contribution in [0.25, 0.3) is 10.2 Å². The molecule has 5 nitrogen and oxygen atoms in total. The predicted octanol–water partition coefficient (Wildman–Crippen LogP) is 3.67. The first-order chi connectivity index (χ1) is 11.8. The third-order valence-electron chi connectivity index (χ3n) is 3.87. The van der Waals surface area contributed by atoms with Crippen molar-refractivity contribution in [3.8, 4) is 0 Å². The van der Waals surface area contributed by atoms with Crippen molar-refractivity contribution in [3.05, 3.63) is 69.8 Å². The second kappa shape index (κ2) is 6.50. The smallest absolute Gasteiger partial charge is 0.295 e. The lowest BCUT2D eigenvalue weighted by Crippen LogP contribution is -2.14. The van der Waals surface area contributed by atoms with Crippen LogP contribution in [0.15, 0.2) is 58.7 Å². The van der Waals surface area contributed by atoms with Gasteiger partial charge in [-0.1, -0.05) is 29.5 Å². The lowest BCUT2D eigenvalue weighted by Gasteiger charge is -2.11. The number of fused-ring (bicyclic) bond motifs is 1. The Morgan fingerprint density at radius 1 is 1.20 bits per heavy atom. The number of aromatic nitrogens is 1. The zero-order valence-electron chi connectivity index (χ0n) is 13.9. The molecule has 0 aliphatic heterocycles. The zero-order chi connectivity index (χ0) is 18.2. The number of hydrogen-bond acceptors (Lipinski definition) is 4. The molecule has 0 saturated heterocycles. The monoisotopic (exact) mass is 374 g/mol. The van der Waals surface area contributed by atoms with Gasteiger partial charge in [-0.05, 0) is 49.2 Å². The van der Waals surface area contributed by atoms with E-state index in [0.29, 0.717) is 17.8 Å². The Hall–Kier alpha value is -2.38. The minimum atomic E-state index is -3.70. The van der Waals surface area contributed by atoms with E-state index in [1.165, 1.54) is 0 Å². The van der Waals surface area contributed by atoms with Gasteiger partial charge in [-0.3, -0.25) is 14.1 Å². The molecule has 1 aromatic heterocycles. The van der Waals surface area contributed by atoms with Crippen molar-refractivity contribution in [1.82, 2.24) is 4.57 Å². The Morgan fingerprint density at radius 3 is 2.68 bits per heavy atom. The topological polar surface area (TPSA) is 68.2 Å². The highest BCUT2D eigenvalue weighted by Gasteiger charge is 2.18. The lowest BCUT2D eigenvalue weighted by atomic mass is 10.2. The Bertz CT molecular complexity index is 1120. The first-order valence-corrected chi connectivity index (χ1v) is 9.96. The number of nitrogens with zero attached hydrogens (tertiary/aromatic N) is 1. The van der Waals surface area contributed by atoms with Crippen LogP contribution >= 0.6 is 11.3 Å². The fraction of sp³-hybridized carbons (Fsp3) is 0.167. The summed E-state index contributed by atoms with van der Waals surface area (Å²) < 4.78 is 30.3. The van der Waals surface area contributed by atoms with Crippen molar-refractivity contribution in [3.63, 3.8) is 0 Å². The highest BCUT2D eigenvalue weighted by molar-refractivity contribution is 7.92. The van der Waals surface area contributed by atoms with Gasteiger partial charge in [0.2, 0.25) is 0 Å². The summed E-state index contributed by atoms with van der Waals surface area (Å²) >= 11 is 1.09. The number of sulfonamides is 1. The summed E-state index contributed by atoms with van der Waals surface area (Å²) in [5.74, 6) is 0. The molecule has 7 heteroatoms. The van der Waals surface area contributed by atoms with Crippen LogP contribution in [0, 0.1) is 13.8 Å². The molecule has 0 aliphatic rings.